The highest BCUT2D eigenvalue weighted by atomic mass is 16.6. The number of carbonyl (C=O) groups is 3. The summed E-state index contributed by atoms with van der Waals surface area (Å²) in [4.78, 5) is 41.8. The number of carbonyl (C=O) groups excluding carboxylic acids is 3. The number of ether oxygens (including phenoxy) is 2. The van der Waals surface area contributed by atoms with Gasteiger partial charge in [0.2, 0.25) is 0 Å². The number of piperidine rings is 1. The standard InChI is InChI=1S/C19H33N3O5/c1-13(2)11-15-12-21(18(25)26-6)16(23)22(15)14-7-9-20(10-8-14)17(24)27-19(3,4)5/h13-15H,7-12H2,1-6H3. The Morgan fingerprint density at radius 3 is 2.22 bits per heavy atom. The van der Waals surface area contributed by atoms with Gasteiger partial charge >= 0.3 is 18.2 Å². The van der Waals surface area contributed by atoms with E-state index in [2.05, 4.69) is 13.8 Å². The van der Waals surface area contributed by atoms with E-state index < -0.39 is 11.7 Å². The van der Waals surface area contributed by atoms with Gasteiger partial charge in [-0.2, -0.15) is 0 Å². The van der Waals surface area contributed by atoms with Crippen molar-refractivity contribution in [2.75, 3.05) is 26.7 Å². The Bertz CT molecular complexity index is 564. The molecule has 0 bridgehead atoms. The minimum absolute atomic E-state index is 0.00888. The van der Waals surface area contributed by atoms with Crippen molar-refractivity contribution in [1.82, 2.24) is 14.7 Å². The van der Waals surface area contributed by atoms with E-state index in [4.69, 9.17) is 9.47 Å². The summed E-state index contributed by atoms with van der Waals surface area (Å²) in [5.41, 5.74) is -0.526. The third-order valence-corrected chi connectivity index (χ3v) is 4.89. The predicted octanol–water partition coefficient (Wildman–Crippen LogP) is 3.30. The molecule has 2 saturated heterocycles. The summed E-state index contributed by atoms with van der Waals surface area (Å²) < 4.78 is 10.2. The Morgan fingerprint density at radius 2 is 1.74 bits per heavy atom. The van der Waals surface area contributed by atoms with Crippen molar-refractivity contribution < 1.29 is 23.9 Å². The van der Waals surface area contributed by atoms with Crippen molar-refractivity contribution in [2.24, 2.45) is 5.92 Å². The largest absolute Gasteiger partial charge is 0.452 e. The highest BCUT2D eigenvalue weighted by molar-refractivity contribution is 5.93. The lowest BCUT2D eigenvalue weighted by atomic mass is 9.98. The second-order valence-electron chi connectivity index (χ2n) is 8.75. The highest BCUT2D eigenvalue weighted by Gasteiger charge is 2.45. The Labute approximate surface area is 161 Å². The zero-order chi connectivity index (χ0) is 20.4. The van der Waals surface area contributed by atoms with Gasteiger partial charge in [-0.15, -0.1) is 0 Å². The number of nitrogens with zero attached hydrogens (tertiary/aromatic N) is 3. The van der Waals surface area contributed by atoms with Gasteiger partial charge in [0.15, 0.2) is 0 Å². The lowest BCUT2D eigenvalue weighted by Crippen LogP contribution is -2.51. The molecule has 0 saturated carbocycles. The molecule has 8 nitrogen and oxygen atoms in total. The highest BCUT2D eigenvalue weighted by Crippen LogP contribution is 2.29. The van der Waals surface area contributed by atoms with Crippen LogP contribution in [0.1, 0.15) is 53.9 Å². The van der Waals surface area contributed by atoms with Gasteiger partial charge in [0.05, 0.1) is 19.7 Å². The fraction of sp³-hybridized carbons (Fsp3) is 0.842. The summed E-state index contributed by atoms with van der Waals surface area (Å²) in [5.74, 6) is 0.407. The topological polar surface area (TPSA) is 79.4 Å². The molecule has 154 valence electrons. The van der Waals surface area contributed by atoms with E-state index in [9.17, 15) is 14.4 Å². The van der Waals surface area contributed by atoms with E-state index in [-0.39, 0.29) is 24.2 Å². The van der Waals surface area contributed by atoms with Crippen LogP contribution in [0.2, 0.25) is 0 Å². The minimum atomic E-state index is -0.609. The zero-order valence-corrected chi connectivity index (χ0v) is 17.4. The van der Waals surface area contributed by atoms with Gasteiger partial charge in [-0.3, -0.25) is 0 Å². The molecule has 0 radical (unpaired) electrons. The summed E-state index contributed by atoms with van der Waals surface area (Å²) in [6.07, 6.45) is 1.25. The van der Waals surface area contributed by atoms with Crippen LogP contribution in [0.25, 0.3) is 0 Å². The molecule has 8 heteroatoms. The van der Waals surface area contributed by atoms with Crippen LogP contribution < -0.4 is 0 Å². The molecule has 2 rings (SSSR count). The molecule has 0 aliphatic carbocycles. The Hall–Kier alpha value is -1.99. The Morgan fingerprint density at radius 1 is 1.15 bits per heavy atom. The second-order valence-corrected chi connectivity index (χ2v) is 8.75. The predicted molar refractivity (Wildman–Crippen MR) is 100 cm³/mol. The number of urea groups is 1. The molecular weight excluding hydrogens is 350 g/mol. The van der Waals surface area contributed by atoms with Crippen molar-refractivity contribution in [3.8, 4) is 0 Å². The second kappa shape index (κ2) is 8.35. The molecule has 27 heavy (non-hydrogen) atoms. The molecule has 2 fully saturated rings. The van der Waals surface area contributed by atoms with Gasteiger partial charge in [0, 0.05) is 19.1 Å². The molecule has 2 aliphatic rings. The van der Waals surface area contributed by atoms with Crippen molar-refractivity contribution >= 4 is 18.2 Å². The number of rotatable bonds is 3. The average Bonchev–Trinajstić information content (AvgIpc) is 2.88. The Kier molecular flexibility index (Phi) is 6.59. The summed E-state index contributed by atoms with van der Waals surface area (Å²) in [6.45, 7) is 11.2. The molecule has 1 atom stereocenters. The molecule has 1 unspecified atom stereocenters. The first kappa shape index (κ1) is 21.3. The molecule has 0 aromatic carbocycles. The summed E-state index contributed by atoms with van der Waals surface area (Å²) in [7, 11) is 1.29. The number of imide groups is 1. The lowest BCUT2D eigenvalue weighted by Gasteiger charge is -2.39. The molecule has 4 amide bonds. The molecular formula is C19H33N3O5. The smallest absolute Gasteiger partial charge is 0.417 e. The first-order valence-corrected chi connectivity index (χ1v) is 9.69. The first-order chi connectivity index (χ1) is 12.5. The number of amides is 4. The van der Waals surface area contributed by atoms with E-state index in [1.807, 2.05) is 25.7 Å². The minimum Gasteiger partial charge on any atom is -0.452 e. The summed E-state index contributed by atoms with van der Waals surface area (Å²) in [6, 6.07) is -0.299. The molecule has 2 aliphatic heterocycles. The van der Waals surface area contributed by atoms with Crippen LogP contribution in [0.5, 0.6) is 0 Å². The first-order valence-electron chi connectivity index (χ1n) is 9.69. The van der Waals surface area contributed by atoms with Gasteiger partial charge in [-0.1, -0.05) is 13.8 Å². The normalized spacial score (nSPS) is 21.8. The molecule has 2 heterocycles. The fourth-order valence-electron chi connectivity index (χ4n) is 3.77. The van der Waals surface area contributed by atoms with Crippen LogP contribution in [-0.2, 0) is 9.47 Å². The molecule has 0 aromatic rings. The van der Waals surface area contributed by atoms with Gasteiger partial charge in [-0.05, 0) is 46.0 Å². The molecule has 0 aromatic heterocycles. The van der Waals surface area contributed by atoms with Gasteiger partial charge in [0.1, 0.15) is 5.60 Å². The third-order valence-electron chi connectivity index (χ3n) is 4.89. The van der Waals surface area contributed by atoms with E-state index in [1.165, 1.54) is 12.0 Å². The Balaban J connectivity index is 2.04. The van der Waals surface area contributed by atoms with E-state index in [0.717, 1.165) is 6.42 Å². The number of hydrogen-bond acceptors (Lipinski definition) is 5. The summed E-state index contributed by atoms with van der Waals surface area (Å²) in [5, 5.41) is 0. The third kappa shape index (κ3) is 5.26. The maximum Gasteiger partial charge on any atom is 0.417 e. The van der Waals surface area contributed by atoms with Crippen molar-refractivity contribution in [1.29, 1.82) is 0 Å². The SMILES string of the molecule is COC(=O)N1CC(CC(C)C)N(C2CCN(C(=O)OC(C)(C)C)CC2)C1=O. The van der Waals surface area contributed by atoms with Crippen LogP contribution in [0.15, 0.2) is 0 Å². The summed E-state index contributed by atoms with van der Waals surface area (Å²) >= 11 is 0. The van der Waals surface area contributed by atoms with Gasteiger partial charge in [-0.25, -0.2) is 19.3 Å². The maximum atomic E-state index is 12.8. The maximum absolute atomic E-state index is 12.8. The van der Waals surface area contributed by atoms with Crippen LogP contribution in [0.4, 0.5) is 14.4 Å². The quantitative estimate of drug-likeness (QED) is 0.747. The monoisotopic (exact) mass is 383 g/mol. The van der Waals surface area contributed by atoms with E-state index in [0.29, 0.717) is 38.4 Å². The van der Waals surface area contributed by atoms with E-state index >= 15 is 0 Å². The number of methoxy groups -OCH3 is 1. The lowest BCUT2D eigenvalue weighted by molar-refractivity contribution is 0.0155. The fourth-order valence-corrected chi connectivity index (χ4v) is 3.77. The van der Waals surface area contributed by atoms with Crippen LogP contribution in [-0.4, -0.2) is 77.3 Å². The van der Waals surface area contributed by atoms with Crippen LogP contribution >= 0.6 is 0 Å². The van der Waals surface area contributed by atoms with Gasteiger partial charge in [0.25, 0.3) is 0 Å². The number of likely N-dealkylation sites (tertiary alicyclic amines) is 1. The molecule has 0 spiro atoms. The average molecular weight is 383 g/mol. The van der Waals surface area contributed by atoms with Crippen LogP contribution in [0, 0.1) is 5.92 Å². The van der Waals surface area contributed by atoms with Crippen molar-refractivity contribution in [2.45, 2.75) is 71.6 Å². The molecule has 0 N–H and O–H groups in total. The van der Waals surface area contributed by atoms with Crippen molar-refractivity contribution in [3.05, 3.63) is 0 Å². The van der Waals surface area contributed by atoms with Crippen LogP contribution in [0.3, 0.4) is 0 Å². The van der Waals surface area contributed by atoms with E-state index in [1.54, 1.807) is 4.90 Å². The zero-order valence-electron chi connectivity index (χ0n) is 17.4. The number of hydrogen-bond donors (Lipinski definition) is 0. The van der Waals surface area contributed by atoms with Crippen molar-refractivity contribution in [3.63, 3.8) is 0 Å². The van der Waals surface area contributed by atoms with Gasteiger partial charge < -0.3 is 19.3 Å².